The number of aromatic nitrogens is 1. The van der Waals surface area contributed by atoms with Crippen LogP contribution < -0.4 is 4.90 Å². The maximum absolute atomic E-state index is 13.2. The predicted octanol–water partition coefficient (Wildman–Crippen LogP) is 3.47. The second-order valence-corrected chi connectivity index (χ2v) is 8.66. The molecule has 0 radical (unpaired) electrons. The van der Waals surface area contributed by atoms with Crippen molar-refractivity contribution in [1.29, 1.82) is 0 Å². The van der Waals surface area contributed by atoms with Gasteiger partial charge >= 0.3 is 6.18 Å². The molecule has 5 nitrogen and oxygen atoms in total. The van der Waals surface area contributed by atoms with Gasteiger partial charge in [0.1, 0.15) is 5.82 Å². The van der Waals surface area contributed by atoms with Crippen molar-refractivity contribution < 1.29 is 26.0 Å². The topological polar surface area (TPSA) is 53.5 Å². The van der Waals surface area contributed by atoms with Crippen LogP contribution >= 0.6 is 22.9 Å². The summed E-state index contributed by atoms with van der Waals surface area (Å²) in [6.45, 7) is 0.522. The summed E-state index contributed by atoms with van der Waals surface area (Å²) in [5.41, 5.74) is -0.964. The molecule has 1 fully saturated rings. The van der Waals surface area contributed by atoms with Gasteiger partial charge in [0, 0.05) is 31.6 Å². The molecule has 1 aromatic carbocycles. The lowest BCUT2D eigenvalue weighted by Gasteiger charge is -2.33. The van der Waals surface area contributed by atoms with E-state index in [1.165, 1.54) is 4.31 Å². The Kier molecular flexibility index (Phi) is 5.17. The number of rotatable bonds is 3. The average molecular weight is 430 g/mol. The molecule has 0 aliphatic carbocycles. The summed E-state index contributed by atoms with van der Waals surface area (Å²) in [6, 6.07) is 3.13. The summed E-state index contributed by atoms with van der Waals surface area (Å²) in [6.07, 6.45) is -4.51. The van der Waals surface area contributed by atoms with E-state index in [4.69, 9.17) is 11.6 Å². The summed E-state index contributed by atoms with van der Waals surface area (Å²) in [7, 11) is -3.87. The normalized spacial score (nSPS) is 16.9. The molecule has 3 rings (SSSR count). The van der Waals surface area contributed by atoms with Gasteiger partial charge in [0.05, 0.1) is 9.92 Å². The second-order valence-electron chi connectivity index (χ2n) is 5.48. The minimum absolute atomic E-state index is 0.0677. The Bertz CT molecular complexity index is 909. The quantitative estimate of drug-likeness (QED) is 0.701. The van der Waals surface area contributed by atoms with Crippen molar-refractivity contribution >= 4 is 38.1 Å². The number of anilines is 1. The van der Waals surface area contributed by atoms with Crippen molar-refractivity contribution in [3.8, 4) is 0 Å². The smallest absolute Gasteiger partial charge is 0.345 e. The van der Waals surface area contributed by atoms with Gasteiger partial charge in [0.25, 0.3) is 0 Å². The summed E-state index contributed by atoms with van der Waals surface area (Å²) >= 11 is 6.50. The number of piperazine rings is 1. The Hall–Kier alpha value is -1.43. The molecular weight excluding hydrogens is 418 g/mol. The standard InChI is InChI=1S/C14H12ClF4N3O2S2/c15-10-7-9(1-2-11(10)16)26(23,24)22-5-3-21(4-6-22)13-20-12(8-25-13)14(17,18)19/h1-2,7-8H,3-6H2. The van der Waals surface area contributed by atoms with Crippen LogP contribution in [0, 0.1) is 5.82 Å². The van der Waals surface area contributed by atoms with Gasteiger partial charge in [0.15, 0.2) is 10.8 Å². The maximum Gasteiger partial charge on any atom is 0.434 e. The molecule has 0 saturated carbocycles. The van der Waals surface area contributed by atoms with E-state index in [1.807, 2.05) is 0 Å². The lowest BCUT2D eigenvalue weighted by Crippen LogP contribution is -2.48. The highest BCUT2D eigenvalue weighted by molar-refractivity contribution is 7.89. The zero-order valence-electron chi connectivity index (χ0n) is 13.0. The number of alkyl halides is 3. The SMILES string of the molecule is O=S(=O)(c1ccc(F)c(Cl)c1)N1CCN(c2nc(C(F)(F)F)cs2)CC1. The molecule has 0 spiro atoms. The van der Waals surface area contributed by atoms with Crippen molar-refractivity contribution in [1.82, 2.24) is 9.29 Å². The Morgan fingerprint density at radius 1 is 1.15 bits per heavy atom. The fourth-order valence-electron chi connectivity index (χ4n) is 2.45. The van der Waals surface area contributed by atoms with E-state index in [0.717, 1.165) is 34.9 Å². The molecule has 1 aromatic heterocycles. The molecule has 1 aliphatic heterocycles. The summed E-state index contributed by atoms with van der Waals surface area (Å²) in [4.78, 5) is 5.03. The first kappa shape index (κ1) is 19.3. The third-order valence-corrected chi connectivity index (χ3v) is 6.91. The first-order valence-corrected chi connectivity index (χ1v) is 10.0. The van der Waals surface area contributed by atoms with Gasteiger partial charge in [-0.25, -0.2) is 17.8 Å². The lowest BCUT2D eigenvalue weighted by atomic mass is 10.3. The van der Waals surface area contributed by atoms with Crippen molar-refractivity contribution in [3.63, 3.8) is 0 Å². The van der Waals surface area contributed by atoms with Gasteiger partial charge < -0.3 is 4.90 Å². The van der Waals surface area contributed by atoms with Crippen molar-refractivity contribution in [3.05, 3.63) is 40.1 Å². The maximum atomic E-state index is 13.2. The van der Waals surface area contributed by atoms with Gasteiger partial charge in [-0.05, 0) is 18.2 Å². The highest BCUT2D eigenvalue weighted by Crippen LogP contribution is 2.33. The molecule has 0 bridgehead atoms. The molecule has 142 valence electrons. The Balaban J connectivity index is 1.71. The summed E-state index contributed by atoms with van der Waals surface area (Å²) in [5.74, 6) is -0.723. The van der Waals surface area contributed by atoms with E-state index in [1.54, 1.807) is 4.90 Å². The highest BCUT2D eigenvalue weighted by atomic mass is 35.5. The van der Waals surface area contributed by atoms with Gasteiger partial charge in [0.2, 0.25) is 10.0 Å². The Morgan fingerprint density at radius 2 is 1.81 bits per heavy atom. The van der Waals surface area contributed by atoms with Crippen molar-refractivity contribution in [2.45, 2.75) is 11.1 Å². The van der Waals surface area contributed by atoms with Crippen LogP contribution in [0.1, 0.15) is 5.69 Å². The summed E-state index contributed by atoms with van der Waals surface area (Å²) in [5, 5.41) is 0.824. The zero-order chi connectivity index (χ0) is 19.1. The van der Waals surface area contributed by atoms with Crippen LogP contribution in [0.25, 0.3) is 0 Å². The molecule has 2 heterocycles. The van der Waals surface area contributed by atoms with Gasteiger partial charge in [-0.1, -0.05) is 11.6 Å². The first-order chi connectivity index (χ1) is 12.1. The average Bonchev–Trinajstić information content (AvgIpc) is 3.08. The molecule has 1 aliphatic rings. The number of benzene rings is 1. The monoisotopic (exact) mass is 429 g/mol. The fourth-order valence-corrected chi connectivity index (χ4v) is 5.03. The molecule has 2 aromatic rings. The van der Waals surface area contributed by atoms with E-state index in [0.29, 0.717) is 0 Å². The molecule has 12 heteroatoms. The number of nitrogens with zero attached hydrogens (tertiary/aromatic N) is 3. The van der Waals surface area contributed by atoms with Gasteiger partial charge in [-0.2, -0.15) is 17.5 Å². The van der Waals surface area contributed by atoms with E-state index in [2.05, 4.69) is 4.98 Å². The summed E-state index contributed by atoms with van der Waals surface area (Å²) < 4.78 is 77.5. The molecule has 0 unspecified atom stereocenters. The molecule has 1 saturated heterocycles. The van der Waals surface area contributed by atoms with Crippen LogP contribution in [-0.2, 0) is 16.2 Å². The van der Waals surface area contributed by atoms with E-state index < -0.39 is 27.7 Å². The zero-order valence-corrected chi connectivity index (χ0v) is 15.4. The van der Waals surface area contributed by atoms with Gasteiger partial charge in [-0.3, -0.25) is 0 Å². The van der Waals surface area contributed by atoms with Crippen LogP contribution in [0.15, 0.2) is 28.5 Å². The minimum atomic E-state index is -4.51. The van der Waals surface area contributed by atoms with Crippen LogP contribution in [-0.4, -0.2) is 43.9 Å². The molecule has 0 atom stereocenters. The lowest BCUT2D eigenvalue weighted by molar-refractivity contribution is -0.140. The molecule has 0 amide bonds. The number of halogens is 5. The van der Waals surface area contributed by atoms with E-state index >= 15 is 0 Å². The third-order valence-electron chi connectivity index (χ3n) is 3.82. The van der Waals surface area contributed by atoms with Crippen molar-refractivity contribution in [2.24, 2.45) is 0 Å². The van der Waals surface area contributed by atoms with Crippen LogP contribution in [0.4, 0.5) is 22.7 Å². The van der Waals surface area contributed by atoms with Gasteiger partial charge in [-0.15, -0.1) is 11.3 Å². The van der Waals surface area contributed by atoms with Crippen LogP contribution in [0.5, 0.6) is 0 Å². The Morgan fingerprint density at radius 3 is 2.35 bits per heavy atom. The Labute approximate surface area is 155 Å². The van der Waals surface area contributed by atoms with Crippen molar-refractivity contribution in [2.75, 3.05) is 31.1 Å². The van der Waals surface area contributed by atoms with E-state index in [9.17, 15) is 26.0 Å². The van der Waals surface area contributed by atoms with Crippen LogP contribution in [0.2, 0.25) is 5.02 Å². The third kappa shape index (κ3) is 3.80. The minimum Gasteiger partial charge on any atom is -0.345 e. The number of sulfonamides is 1. The predicted molar refractivity (Wildman–Crippen MR) is 89.5 cm³/mol. The molecule has 0 N–H and O–H groups in total. The fraction of sp³-hybridized carbons (Fsp3) is 0.357. The first-order valence-electron chi connectivity index (χ1n) is 7.32. The largest absolute Gasteiger partial charge is 0.434 e. The molecule has 26 heavy (non-hydrogen) atoms. The number of thiazole rings is 1. The second kappa shape index (κ2) is 6.95. The molecular formula is C14H12ClF4N3O2S2. The number of hydrogen-bond acceptors (Lipinski definition) is 5. The number of hydrogen-bond donors (Lipinski definition) is 0. The highest BCUT2D eigenvalue weighted by Gasteiger charge is 2.35. The van der Waals surface area contributed by atoms with E-state index in [-0.39, 0.29) is 41.2 Å². The van der Waals surface area contributed by atoms with Crippen LogP contribution in [0.3, 0.4) is 0 Å².